The van der Waals surface area contributed by atoms with Crippen molar-refractivity contribution in [2.75, 3.05) is 27.2 Å². The van der Waals surface area contributed by atoms with E-state index in [-0.39, 0.29) is 24.6 Å². The van der Waals surface area contributed by atoms with Crippen LogP contribution in [0.1, 0.15) is 16.8 Å². The topological polar surface area (TPSA) is 74.5 Å². The molecule has 0 radical (unpaired) electrons. The smallest absolute Gasteiger partial charge is 0.255 e. The maximum absolute atomic E-state index is 13.0. The van der Waals surface area contributed by atoms with Crippen molar-refractivity contribution in [3.8, 4) is 5.69 Å². The number of carbonyl (C=O) groups is 1. The Hall–Kier alpha value is -2.77. The van der Waals surface area contributed by atoms with Gasteiger partial charge in [0.2, 0.25) is 0 Å². The van der Waals surface area contributed by atoms with Crippen LogP contribution in [-0.2, 0) is 0 Å². The van der Waals surface area contributed by atoms with Crippen molar-refractivity contribution < 1.29 is 9.90 Å². The number of pyridine rings is 1. The number of aromatic nitrogens is 3. The predicted octanol–water partition coefficient (Wildman–Crippen LogP) is 1.56. The Labute approximate surface area is 157 Å². The van der Waals surface area contributed by atoms with Crippen LogP contribution in [0.25, 0.3) is 16.9 Å². The summed E-state index contributed by atoms with van der Waals surface area (Å²) in [7, 11) is 3.99. The molecular formula is C20H23N5O2. The molecule has 0 saturated carbocycles. The number of rotatable bonds is 4. The highest BCUT2D eigenvalue weighted by Gasteiger charge is 2.36. The molecule has 4 rings (SSSR count). The van der Waals surface area contributed by atoms with Crippen LogP contribution in [0, 0.1) is 0 Å². The first-order chi connectivity index (χ1) is 13.1. The molecule has 140 valence electrons. The van der Waals surface area contributed by atoms with Crippen LogP contribution in [-0.4, -0.2) is 74.7 Å². The summed E-state index contributed by atoms with van der Waals surface area (Å²) >= 11 is 0. The van der Waals surface area contributed by atoms with Crippen LogP contribution < -0.4 is 0 Å². The van der Waals surface area contributed by atoms with Crippen LogP contribution >= 0.6 is 0 Å². The fraction of sp³-hybridized carbons (Fsp3) is 0.350. The Bertz CT molecular complexity index is 953. The number of imidazole rings is 1. The average Bonchev–Trinajstić information content (AvgIpc) is 3.32. The van der Waals surface area contributed by atoms with Crippen LogP contribution in [0.4, 0.5) is 0 Å². The molecule has 1 amide bonds. The lowest BCUT2D eigenvalue weighted by molar-refractivity contribution is 0.0673. The Morgan fingerprint density at radius 2 is 2.04 bits per heavy atom. The van der Waals surface area contributed by atoms with Gasteiger partial charge in [-0.3, -0.25) is 9.36 Å². The van der Waals surface area contributed by atoms with E-state index in [0.717, 1.165) is 12.1 Å². The molecule has 1 saturated heterocycles. The minimum atomic E-state index is -0.164. The van der Waals surface area contributed by atoms with E-state index in [4.69, 9.17) is 0 Å². The van der Waals surface area contributed by atoms with Crippen LogP contribution in [0.5, 0.6) is 0 Å². The van der Waals surface area contributed by atoms with Gasteiger partial charge in [-0.1, -0.05) is 18.2 Å². The van der Waals surface area contributed by atoms with Gasteiger partial charge in [-0.05, 0) is 38.7 Å². The van der Waals surface area contributed by atoms with Gasteiger partial charge >= 0.3 is 0 Å². The van der Waals surface area contributed by atoms with Crippen molar-refractivity contribution in [3.05, 3.63) is 54.5 Å². The third-order valence-corrected chi connectivity index (χ3v) is 5.26. The summed E-state index contributed by atoms with van der Waals surface area (Å²) in [6.07, 6.45) is 4.09. The predicted molar refractivity (Wildman–Crippen MR) is 103 cm³/mol. The third-order valence-electron chi connectivity index (χ3n) is 5.26. The largest absolute Gasteiger partial charge is 0.394 e. The zero-order valence-corrected chi connectivity index (χ0v) is 15.5. The van der Waals surface area contributed by atoms with E-state index in [1.807, 2.05) is 49.0 Å². The van der Waals surface area contributed by atoms with Gasteiger partial charge in [0.05, 0.1) is 18.2 Å². The quantitative estimate of drug-likeness (QED) is 0.759. The van der Waals surface area contributed by atoms with Gasteiger partial charge in [-0.25, -0.2) is 9.97 Å². The Balaban J connectivity index is 1.64. The van der Waals surface area contributed by atoms with Gasteiger partial charge in [0.25, 0.3) is 5.91 Å². The van der Waals surface area contributed by atoms with Crippen LogP contribution in [0.15, 0.2) is 48.9 Å². The van der Waals surface area contributed by atoms with Gasteiger partial charge in [-0.2, -0.15) is 0 Å². The highest BCUT2D eigenvalue weighted by molar-refractivity contribution is 5.97. The molecule has 1 aliphatic heterocycles. The van der Waals surface area contributed by atoms with Crippen LogP contribution in [0.3, 0.4) is 0 Å². The molecule has 1 fully saturated rings. The summed E-state index contributed by atoms with van der Waals surface area (Å²) in [6, 6.07) is 11.7. The lowest BCUT2D eigenvalue weighted by atomic mass is 10.1. The first-order valence-electron chi connectivity index (χ1n) is 9.05. The maximum atomic E-state index is 13.0. The second kappa shape index (κ2) is 7.09. The fourth-order valence-corrected chi connectivity index (χ4v) is 3.65. The van der Waals surface area contributed by atoms with Gasteiger partial charge in [0.15, 0.2) is 5.65 Å². The van der Waals surface area contributed by atoms with Crippen molar-refractivity contribution >= 4 is 17.1 Å². The van der Waals surface area contributed by atoms with Gasteiger partial charge in [-0.15, -0.1) is 0 Å². The molecule has 1 aromatic carbocycles. The van der Waals surface area contributed by atoms with Gasteiger partial charge in [0.1, 0.15) is 11.8 Å². The molecular weight excluding hydrogens is 342 g/mol. The number of fused-ring (bicyclic) bond motifs is 1. The summed E-state index contributed by atoms with van der Waals surface area (Å²) in [6.45, 7) is 0.571. The summed E-state index contributed by atoms with van der Waals surface area (Å²) in [5, 5.41) is 9.69. The Morgan fingerprint density at radius 1 is 1.26 bits per heavy atom. The van der Waals surface area contributed by atoms with E-state index < -0.39 is 0 Å². The lowest BCUT2D eigenvalue weighted by Gasteiger charge is -2.23. The monoisotopic (exact) mass is 365 g/mol. The molecule has 7 nitrogen and oxygen atoms in total. The minimum Gasteiger partial charge on any atom is -0.394 e. The molecule has 0 bridgehead atoms. The number of hydrogen-bond acceptors (Lipinski definition) is 5. The van der Waals surface area contributed by atoms with Crippen molar-refractivity contribution in [2.24, 2.45) is 0 Å². The minimum absolute atomic E-state index is 0.0333. The molecule has 0 unspecified atom stereocenters. The van der Waals surface area contributed by atoms with Crippen molar-refractivity contribution in [1.29, 1.82) is 0 Å². The molecule has 3 heterocycles. The number of amides is 1. The standard InChI is InChI=1S/C20H23N5O2/c1-23(2)16-9-17(12-26)24(11-16)20(27)14-8-18-19(21-10-14)25(13-22-18)15-6-4-3-5-7-15/h3-8,10,13,16-17,26H,9,11-12H2,1-2H3/t16-,17+/m1/s1. The summed E-state index contributed by atoms with van der Waals surface area (Å²) in [5.41, 5.74) is 2.86. The highest BCUT2D eigenvalue weighted by Crippen LogP contribution is 2.24. The number of likely N-dealkylation sites (tertiary alicyclic amines) is 1. The highest BCUT2D eigenvalue weighted by atomic mass is 16.3. The Morgan fingerprint density at radius 3 is 2.74 bits per heavy atom. The molecule has 0 aliphatic carbocycles. The van der Waals surface area contributed by atoms with E-state index in [2.05, 4.69) is 14.9 Å². The normalized spacial score (nSPS) is 19.9. The zero-order chi connectivity index (χ0) is 19.0. The number of nitrogens with zero attached hydrogens (tertiary/aromatic N) is 5. The Kier molecular flexibility index (Phi) is 4.63. The second-order valence-electron chi connectivity index (χ2n) is 7.16. The molecule has 1 aliphatic rings. The lowest BCUT2D eigenvalue weighted by Crippen LogP contribution is -2.38. The molecule has 1 N–H and O–H groups in total. The number of para-hydroxylation sites is 1. The summed E-state index contributed by atoms with van der Waals surface area (Å²) in [5.74, 6) is -0.109. The number of likely N-dealkylation sites (N-methyl/N-ethyl adjacent to an activating group) is 1. The maximum Gasteiger partial charge on any atom is 0.255 e. The number of aliphatic hydroxyl groups excluding tert-OH is 1. The molecule has 2 aromatic heterocycles. The van der Waals surface area contributed by atoms with E-state index in [1.54, 1.807) is 23.5 Å². The van der Waals surface area contributed by atoms with E-state index >= 15 is 0 Å². The summed E-state index contributed by atoms with van der Waals surface area (Å²) < 4.78 is 1.90. The van der Waals surface area contributed by atoms with E-state index in [1.165, 1.54) is 0 Å². The number of aliphatic hydroxyl groups is 1. The first kappa shape index (κ1) is 17.6. The van der Waals surface area contributed by atoms with Gasteiger partial charge < -0.3 is 14.9 Å². The van der Waals surface area contributed by atoms with Gasteiger partial charge in [0, 0.05) is 24.5 Å². The SMILES string of the molecule is CN(C)[C@@H]1C[C@@H](CO)N(C(=O)c2cnc3c(c2)ncn3-c2ccccc2)C1. The number of hydrogen-bond donors (Lipinski definition) is 1. The van der Waals surface area contributed by atoms with E-state index in [0.29, 0.717) is 23.3 Å². The fourth-order valence-electron chi connectivity index (χ4n) is 3.65. The third kappa shape index (κ3) is 3.20. The number of carbonyl (C=O) groups excluding carboxylic acids is 1. The molecule has 0 spiro atoms. The molecule has 3 aromatic rings. The molecule has 27 heavy (non-hydrogen) atoms. The number of benzene rings is 1. The first-order valence-corrected chi connectivity index (χ1v) is 9.05. The average molecular weight is 365 g/mol. The van der Waals surface area contributed by atoms with Crippen LogP contribution in [0.2, 0.25) is 0 Å². The molecule has 7 heteroatoms. The molecule has 2 atom stereocenters. The van der Waals surface area contributed by atoms with E-state index in [9.17, 15) is 9.90 Å². The second-order valence-corrected chi connectivity index (χ2v) is 7.16. The van der Waals surface area contributed by atoms with Crippen molar-refractivity contribution in [2.45, 2.75) is 18.5 Å². The zero-order valence-electron chi connectivity index (χ0n) is 15.5. The van der Waals surface area contributed by atoms with Crippen molar-refractivity contribution in [1.82, 2.24) is 24.3 Å². The van der Waals surface area contributed by atoms with Crippen molar-refractivity contribution in [3.63, 3.8) is 0 Å². The summed E-state index contributed by atoms with van der Waals surface area (Å²) in [4.78, 5) is 25.8.